The number of benzene rings is 1. The minimum Gasteiger partial charge on any atom is -0.207 e. The molecule has 0 spiro atoms. The third kappa shape index (κ3) is 3.15. The Hall–Kier alpha value is -0.790. The fourth-order valence-corrected chi connectivity index (χ4v) is 3.01. The second-order valence-electron chi connectivity index (χ2n) is 3.76. The van der Waals surface area contributed by atoms with E-state index in [1.165, 1.54) is 6.92 Å². The van der Waals surface area contributed by atoms with Crippen molar-refractivity contribution in [2.75, 3.05) is 13.6 Å². The van der Waals surface area contributed by atoms with E-state index in [0.717, 1.165) is 7.05 Å². The minimum atomic E-state index is -4.38. The number of halogens is 4. The van der Waals surface area contributed by atoms with Gasteiger partial charge in [-0.3, -0.25) is 0 Å². The van der Waals surface area contributed by atoms with E-state index in [1.807, 2.05) is 0 Å². The first kappa shape index (κ1) is 15.3. The van der Waals surface area contributed by atoms with Gasteiger partial charge in [-0.1, -0.05) is 0 Å². The van der Waals surface area contributed by atoms with Crippen LogP contribution in [0.4, 0.5) is 13.2 Å². The summed E-state index contributed by atoms with van der Waals surface area (Å²) in [4.78, 5) is -1.18. The third-order valence-electron chi connectivity index (χ3n) is 2.14. The predicted octanol–water partition coefficient (Wildman–Crippen LogP) is 2.35. The molecule has 0 bridgehead atoms. The van der Waals surface area contributed by atoms with Crippen LogP contribution in [-0.2, 0) is 10.0 Å². The summed E-state index contributed by atoms with van der Waals surface area (Å²) in [6, 6.07) is 0.627. The Morgan fingerprint density at radius 3 is 2.11 bits per heavy atom. The second kappa shape index (κ2) is 5.46. The SMILES string of the molecule is CC(Cl)CN(C)S(=O)(=O)c1c(F)cc(F)cc1F. The summed E-state index contributed by atoms with van der Waals surface area (Å²) < 4.78 is 64.0. The molecule has 1 unspecified atom stereocenters. The zero-order chi connectivity index (χ0) is 14.1. The van der Waals surface area contributed by atoms with Crippen LogP contribution in [-0.4, -0.2) is 31.7 Å². The molecule has 0 saturated heterocycles. The summed E-state index contributed by atoms with van der Waals surface area (Å²) in [5.74, 6) is -4.12. The number of rotatable bonds is 4. The Morgan fingerprint density at radius 2 is 1.72 bits per heavy atom. The Bertz CT molecular complexity index is 525. The molecular formula is C10H11ClF3NO2S. The van der Waals surface area contributed by atoms with E-state index in [4.69, 9.17) is 11.6 Å². The molecule has 0 fully saturated rings. The number of hydrogen-bond donors (Lipinski definition) is 0. The van der Waals surface area contributed by atoms with Crippen molar-refractivity contribution in [1.29, 1.82) is 0 Å². The van der Waals surface area contributed by atoms with Crippen LogP contribution in [0.1, 0.15) is 6.92 Å². The zero-order valence-corrected chi connectivity index (χ0v) is 11.2. The summed E-state index contributed by atoms with van der Waals surface area (Å²) in [7, 11) is -3.24. The highest BCUT2D eigenvalue weighted by molar-refractivity contribution is 7.89. The van der Waals surface area contributed by atoms with Crippen molar-refractivity contribution in [1.82, 2.24) is 4.31 Å². The van der Waals surface area contributed by atoms with Gasteiger partial charge in [0, 0.05) is 31.1 Å². The van der Waals surface area contributed by atoms with Gasteiger partial charge in [-0.25, -0.2) is 21.6 Å². The summed E-state index contributed by atoms with van der Waals surface area (Å²) >= 11 is 5.62. The van der Waals surface area contributed by atoms with Gasteiger partial charge in [0.1, 0.15) is 17.5 Å². The summed E-state index contributed by atoms with van der Waals surface area (Å²) in [6.45, 7) is 1.41. The summed E-state index contributed by atoms with van der Waals surface area (Å²) in [5, 5.41) is -0.531. The van der Waals surface area contributed by atoms with Gasteiger partial charge in [-0.05, 0) is 6.92 Å². The van der Waals surface area contributed by atoms with E-state index in [9.17, 15) is 21.6 Å². The van der Waals surface area contributed by atoms with Crippen LogP contribution in [0.3, 0.4) is 0 Å². The molecular weight excluding hydrogens is 291 g/mol. The molecule has 102 valence electrons. The first-order chi connectivity index (χ1) is 8.16. The van der Waals surface area contributed by atoms with Crippen LogP contribution >= 0.6 is 11.6 Å². The summed E-state index contributed by atoms with van der Waals surface area (Å²) in [6.07, 6.45) is 0. The average molecular weight is 302 g/mol. The van der Waals surface area contributed by atoms with Gasteiger partial charge in [-0.2, -0.15) is 4.31 Å². The lowest BCUT2D eigenvalue weighted by Gasteiger charge is -2.19. The average Bonchev–Trinajstić information content (AvgIpc) is 2.13. The molecule has 18 heavy (non-hydrogen) atoms. The van der Waals surface area contributed by atoms with E-state index in [2.05, 4.69) is 0 Å². The first-order valence-electron chi connectivity index (χ1n) is 4.91. The van der Waals surface area contributed by atoms with E-state index in [1.54, 1.807) is 0 Å². The zero-order valence-electron chi connectivity index (χ0n) is 9.62. The third-order valence-corrected chi connectivity index (χ3v) is 4.15. The first-order valence-corrected chi connectivity index (χ1v) is 6.79. The van der Waals surface area contributed by atoms with Crippen LogP contribution in [0.25, 0.3) is 0 Å². The lowest BCUT2D eigenvalue weighted by Crippen LogP contribution is -2.32. The molecule has 1 aromatic carbocycles. The van der Waals surface area contributed by atoms with Crippen molar-refractivity contribution in [3.63, 3.8) is 0 Å². The second-order valence-corrected chi connectivity index (χ2v) is 6.49. The highest BCUT2D eigenvalue weighted by Crippen LogP contribution is 2.23. The van der Waals surface area contributed by atoms with Gasteiger partial charge in [0.2, 0.25) is 10.0 Å². The lowest BCUT2D eigenvalue weighted by molar-refractivity contribution is 0.447. The van der Waals surface area contributed by atoms with Gasteiger partial charge in [0.15, 0.2) is 4.90 Å². The molecule has 0 aliphatic rings. The topological polar surface area (TPSA) is 37.4 Å². The highest BCUT2D eigenvalue weighted by Gasteiger charge is 2.29. The fourth-order valence-electron chi connectivity index (χ4n) is 1.38. The molecule has 1 rings (SSSR count). The molecule has 0 radical (unpaired) electrons. The maximum atomic E-state index is 13.4. The Morgan fingerprint density at radius 1 is 1.28 bits per heavy atom. The maximum absolute atomic E-state index is 13.4. The lowest BCUT2D eigenvalue weighted by atomic mass is 10.3. The number of nitrogens with zero attached hydrogens (tertiary/aromatic N) is 1. The van der Waals surface area contributed by atoms with Crippen LogP contribution < -0.4 is 0 Å². The molecule has 0 amide bonds. The van der Waals surface area contributed by atoms with Crippen molar-refractivity contribution < 1.29 is 21.6 Å². The van der Waals surface area contributed by atoms with Crippen LogP contribution in [0, 0.1) is 17.5 Å². The van der Waals surface area contributed by atoms with Crippen LogP contribution in [0.2, 0.25) is 0 Å². The Labute approximate surface area is 108 Å². The standard InChI is InChI=1S/C10H11ClF3NO2S/c1-6(11)5-15(2)18(16,17)10-8(13)3-7(12)4-9(10)14/h3-4,6H,5H2,1-2H3. The van der Waals surface area contributed by atoms with Gasteiger partial charge in [0.05, 0.1) is 0 Å². The maximum Gasteiger partial charge on any atom is 0.248 e. The monoisotopic (exact) mass is 301 g/mol. The van der Waals surface area contributed by atoms with Crippen LogP contribution in [0.15, 0.2) is 17.0 Å². The quantitative estimate of drug-likeness (QED) is 0.801. The Balaban J connectivity index is 3.29. The summed E-state index contributed by atoms with van der Waals surface area (Å²) in [5.41, 5.74) is 0. The van der Waals surface area contributed by atoms with Gasteiger partial charge >= 0.3 is 0 Å². The van der Waals surface area contributed by atoms with Gasteiger partial charge < -0.3 is 0 Å². The number of sulfonamides is 1. The number of alkyl halides is 1. The van der Waals surface area contributed by atoms with Crippen molar-refractivity contribution in [3.8, 4) is 0 Å². The molecule has 8 heteroatoms. The van der Waals surface area contributed by atoms with Gasteiger partial charge in [-0.15, -0.1) is 11.6 Å². The van der Waals surface area contributed by atoms with E-state index in [-0.39, 0.29) is 6.54 Å². The van der Waals surface area contributed by atoms with Crippen LogP contribution in [0.5, 0.6) is 0 Å². The van der Waals surface area contributed by atoms with Crippen molar-refractivity contribution in [2.24, 2.45) is 0 Å². The Kier molecular flexibility index (Phi) is 4.63. The largest absolute Gasteiger partial charge is 0.248 e. The van der Waals surface area contributed by atoms with Crippen molar-refractivity contribution in [2.45, 2.75) is 17.2 Å². The predicted molar refractivity (Wildman–Crippen MR) is 61.4 cm³/mol. The van der Waals surface area contributed by atoms with E-state index >= 15 is 0 Å². The number of hydrogen-bond acceptors (Lipinski definition) is 2. The molecule has 1 aromatic rings. The molecule has 0 N–H and O–H groups in total. The van der Waals surface area contributed by atoms with Gasteiger partial charge in [0.25, 0.3) is 0 Å². The molecule has 0 aliphatic carbocycles. The van der Waals surface area contributed by atoms with Crippen molar-refractivity contribution >= 4 is 21.6 Å². The molecule has 0 aliphatic heterocycles. The molecule has 3 nitrogen and oxygen atoms in total. The normalized spacial score (nSPS) is 13.9. The fraction of sp³-hybridized carbons (Fsp3) is 0.400. The highest BCUT2D eigenvalue weighted by atomic mass is 35.5. The molecule has 0 saturated carbocycles. The smallest absolute Gasteiger partial charge is 0.207 e. The van der Waals surface area contributed by atoms with E-state index in [0.29, 0.717) is 16.4 Å². The minimum absolute atomic E-state index is 0.125. The molecule has 0 heterocycles. The molecule has 0 aromatic heterocycles. The molecule has 1 atom stereocenters. The van der Waals surface area contributed by atoms with Crippen molar-refractivity contribution in [3.05, 3.63) is 29.6 Å². The van der Waals surface area contributed by atoms with E-state index < -0.39 is 37.7 Å².